The Kier molecular flexibility index (Phi) is 8.58. The summed E-state index contributed by atoms with van der Waals surface area (Å²) in [5.41, 5.74) is 11.5. The van der Waals surface area contributed by atoms with Gasteiger partial charge < -0.3 is 15.7 Å². The van der Waals surface area contributed by atoms with Crippen LogP contribution in [0.3, 0.4) is 0 Å². The van der Waals surface area contributed by atoms with Crippen LogP contribution in [0.4, 0.5) is 5.69 Å². The zero-order valence-electron chi connectivity index (χ0n) is 18.6. The number of halogens is 3. The Labute approximate surface area is 225 Å². The fraction of sp³-hybridized carbons (Fsp3) is 0.0370. The summed E-state index contributed by atoms with van der Waals surface area (Å²) in [6.07, 6.45) is 0.816. The SMILES string of the molecule is Brc1ccccc1Cc1nc2ccccc2[nH]1.Clc1nc2ccccc2[nH]1.Nc1ccccc1Br. The second-order valence-electron chi connectivity index (χ2n) is 7.54. The molecule has 0 aliphatic carbocycles. The lowest BCUT2D eigenvalue weighted by Gasteiger charge is -2.00. The molecule has 2 aromatic heterocycles. The van der Waals surface area contributed by atoms with E-state index in [1.165, 1.54) is 5.56 Å². The molecule has 0 aliphatic rings. The average Bonchev–Trinajstić information content (AvgIpc) is 3.45. The van der Waals surface area contributed by atoms with Crippen molar-refractivity contribution in [1.82, 2.24) is 19.9 Å². The zero-order chi connectivity index (χ0) is 24.6. The van der Waals surface area contributed by atoms with Gasteiger partial charge in [-0.05, 0) is 75.6 Å². The second-order valence-corrected chi connectivity index (χ2v) is 9.60. The van der Waals surface area contributed by atoms with Gasteiger partial charge in [-0.3, -0.25) is 0 Å². The molecule has 0 saturated heterocycles. The van der Waals surface area contributed by atoms with Crippen LogP contribution < -0.4 is 5.73 Å². The number of fused-ring (bicyclic) bond motifs is 2. The number of hydrogen-bond donors (Lipinski definition) is 3. The van der Waals surface area contributed by atoms with Crippen LogP contribution in [0.1, 0.15) is 11.4 Å². The first-order valence-corrected chi connectivity index (χ1v) is 12.7. The molecule has 35 heavy (non-hydrogen) atoms. The number of rotatable bonds is 2. The van der Waals surface area contributed by atoms with Gasteiger partial charge in [0.25, 0.3) is 0 Å². The van der Waals surface area contributed by atoms with Gasteiger partial charge in [0.15, 0.2) is 0 Å². The van der Waals surface area contributed by atoms with Crippen molar-refractivity contribution in [2.45, 2.75) is 6.42 Å². The van der Waals surface area contributed by atoms with Gasteiger partial charge in [0.1, 0.15) is 5.82 Å². The molecule has 0 spiro atoms. The molecule has 0 bridgehead atoms. The predicted octanol–water partition coefficient (Wildman–Crippen LogP) is 8.16. The molecule has 176 valence electrons. The van der Waals surface area contributed by atoms with E-state index in [-0.39, 0.29) is 0 Å². The topological polar surface area (TPSA) is 83.4 Å². The highest BCUT2D eigenvalue weighted by molar-refractivity contribution is 9.10. The van der Waals surface area contributed by atoms with Crippen LogP contribution in [-0.2, 0) is 6.42 Å². The third kappa shape index (κ3) is 6.94. The van der Waals surface area contributed by atoms with Crippen molar-refractivity contribution in [3.63, 3.8) is 0 Å². The molecule has 2 heterocycles. The number of nitrogens with zero attached hydrogens (tertiary/aromatic N) is 2. The van der Waals surface area contributed by atoms with Crippen molar-refractivity contribution in [1.29, 1.82) is 0 Å². The number of nitrogens with two attached hydrogens (primary N) is 1. The Balaban J connectivity index is 0.000000136. The summed E-state index contributed by atoms with van der Waals surface area (Å²) in [6.45, 7) is 0. The predicted molar refractivity (Wildman–Crippen MR) is 153 cm³/mol. The molecule has 5 nitrogen and oxygen atoms in total. The molecule has 6 rings (SSSR count). The van der Waals surface area contributed by atoms with Gasteiger partial charge in [0.2, 0.25) is 5.28 Å². The van der Waals surface area contributed by atoms with E-state index in [1.54, 1.807) is 0 Å². The largest absolute Gasteiger partial charge is 0.398 e. The lowest BCUT2D eigenvalue weighted by molar-refractivity contribution is 1.03. The standard InChI is InChI=1S/C14H11BrN2.C7H5ClN2.C6H6BrN/c15-11-6-2-1-5-10(11)9-14-16-12-7-3-4-8-13(12)17-14;8-7-9-5-3-1-2-4-6(5)10-7;7-5-3-1-2-4-6(5)8/h1-8H,9H2,(H,16,17);1-4H,(H,9,10);1-4H,8H2. The van der Waals surface area contributed by atoms with Gasteiger partial charge in [0, 0.05) is 21.1 Å². The quantitative estimate of drug-likeness (QED) is 0.173. The molecule has 0 aliphatic heterocycles. The highest BCUT2D eigenvalue weighted by Gasteiger charge is 2.05. The zero-order valence-corrected chi connectivity index (χ0v) is 22.5. The minimum absolute atomic E-state index is 0.446. The van der Waals surface area contributed by atoms with Crippen LogP contribution in [0.15, 0.2) is 106 Å². The first-order chi connectivity index (χ1) is 17.0. The van der Waals surface area contributed by atoms with Crippen LogP contribution in [0.25, 0.3) is 22.1 Å². The number of para-hydroxylation sites is 5. The van der Waals surface area contributed by atoms with Crippen LogP contribution in [0, 0.1) is 0 Å². The lowest BCUT2D eigenvalue weighted by Crippen LogP contribution is -1.91. The molecule has 0 amide bonds. The maximum atomic E-state index is 5.62. The second kappa shape index (κ2) is 12.0. The Bertz CT molecular complexity index is 1460. The number of nitrogens with one attached hydrogen (secondary N) is 2. The minimum Gasteiger partial charge on any atom is -0.398 e. The summed E-state index contributed by atoms with van der Waals surface area (Å²) in [6, 6.07) is 31.6. The Morgan fingerprint density at radius 1 is 0.657 bits per heavy atom. The number of aromatic nitrogens is 4. The highest BCUT2D eigenvalue weighted by Crippen LogP contribution is 2.20. The van der Waals surface area contributed by atoms with Crippen LogP contribution in [0.5, 0.6) is 0 Å². The summed E-state index contributed by atoms with van der Waals surface area (Å²) < 4.78 is 2.08. The first-order valence-electron chi connectivity index (χ1n) is 10.8. The minimum atomic E-state index is 0.446. The number of hydrogen-bond acceptors (Lipinski definition) is 3. The van der Waals surface area contributed by atoms with Crippen molar-refractivity contribution in [3.8, 4) is 0 Å². The van der Waals surface area contributed by atoms with Gasteiger partial charge >= 0.3 is 0 Å². The van der Waals surface area contributed by atoms with E-state index in [1.807, 2.05) is 84.9 Å². The highest BCUT2D eigenvalue weighted by atomic mass is 79.9. The monoisotopic (exact) mass is 609 g/mol. The van der Waals surface area contributed by atoms with Crippen molar-refractivity contribution < 1.29 is 0 Å². The van der Waals surface area contributed by atoms with E-state index < -0.39 is 0 Å². The molecule has 6 aromatic rings. The summed E-state index contributed by atoms with van der Waals surface area (Å²) in [5, 5.41) is 0.446. The van der Waals surface area contributed by atoms with Crippen molar-refractivity contribution in [2.75, 3.05) is 5.73 Å². The summed E-state index contributed by atoms with van der Waals surface area (Å²) in [4.78, 5) is 14.8. The molecule has 0 saturated carbocycles. The van der Waals surface area contributed by atoms with E-state index in [0.717, 1.165) is 48.9 Å². The van der Waals surface area contributed by atoms with Crippen LogP contribution >= 0.6 is 43.5 Å². The fourth-order valence-electron chi connectivity index (χ4n) is 3.31. The maximum absolute atomic E-state index is 5.62. The van der Waals surface area contributed by atoms with Crippen molar-refractivity contribution in [2.24, 2.45) is 0 Å². The Hall–Kier alpha value is -3.13. The fourth-order valence-corrected chi connectivity index (χ4v) is 4.21. The number of H-pyrrole nitrogens is 2. The van der Waals surface area contributed by atoms with Crippen molar-refractivity contribution >= 4 is 71.2 Å². The van der Waals surface area contributed by atoms with E-state index in [0.29, 0.717) is 5.28 Å². The number of aromatic amines is 2. The van der Waals surface area contributed by atoms with Gasteiger partial charge in [0.05, 0.1) is 22.1 Å². The molecule has 4 N–H and O–H groups in total. The van der Waals surface area contributed by atoms with E-state index in [2.05, 4.69) is 63.9 Å². The lowest BCUT2D eigenvalue weighted by atomic mass is 10.1. The number of benzene rings is 4. The maximum Gasteiger partial charge on any atom is 0.201 e. The first kappa shape index (κ1) is 25.0. The molecular weight excluding hydrogens is 590 g/mol. The third-order valence-electron chi connectivity index (χ3n) is 5.02. The van der Waals surface area contributed by atoms with Crippen LogP contribution in [0.2, 0.25) is 5.28 Å². The number of anilines is 1. The average molecular weight is 612 g/mol. The summed E-state index contributed by atoms with van der Waals surface area (Å²) in [5.74, 6) is 0.998. The molecule has 0 atom stereocenters. The van der Waals surface area contributed by atoms with Gasteiger partial charge in [-0.25, -0.2) is 9.97 Å². The van der Waals surface area contributed by atoms with Gasteiger partial charge in [-0.2, -0.15) is 0 Å². The molecule has 0 unspecified atom stereocenters. The van der Waals surface area contributed by atoms with Gasteiger partial charge in [-0.1, -0.05) is 70.5 Å². The molecule has 4 aromatic carbocycles. The molecule has 0 fully saturated rings. The number of nitrogen functional groups attached to an aromatic ring is 1. The smallest absolute Gasteiger partial charge is 0.201 e. The van der Waals surface area contributed by atoms with Crippen molar-refractivity contribution in [3.05, 3.63) is 123 Å². The van der Waals surface area contributed by atoms with E-state index in [4.69, 9.17) is 17.3 Å². The number of imidazole rings is 2. The normalized spacial score (nSPS) is 10.4. The van der Waals surface area contributed by atoms with Gasteiger partial charge in [-0.15, -0.1) is 0 Å². The van der Waals surface area contributed by atoms with E-state index in [9.17, 15) is 0 Å². The summed E-state index contributed by atoms with van der Waals surface area (Å²) >= 11 is 12.4. The molecule has 8 heteroatoms. The third-order valence-corrected chi connectivity index (χ3v) is 6.69. The molecular formula is C27H22Br2ClN5. The van der Waals surface area contributed by atoms with Crippen LogP contribution in [-0.4, -0.2) is 19.9 Å². The Morgan fingerprint density at radius 3 is 1.77 bits per heavy atom. The Morgan fingerprint density at radius 2 is 1.20 bits per heavy atom. The molecule has 0 radical (unpaired) electrons. The van der Waals surface area contributed by atoms with E-state index >= 15 is 0 Å². The summed E-state index contributed by atoms with van der Waals surface area (Å²) in [7, 11) is 0.